The summed E-state index contributed by atoms with van der Waals surface area (Å²) in [5, 5.41) is 2.31. The third-order valence-electron chi connectivity index (χ3n) is 6.27. The molecular formula is C15H25BrN2O. The van der Waals surface area contributed by atoms with Crippen LogP contribution in [0.25, 0.3) is 0 Å². The standard InChI is InChI=1S/C15H25BrN2O/c16-11-3-4-13-12(9-11)15(5-7-19-8-6-15)14(18(13)17)10-1-2-10/h10-14H,1-9,17H2. The summed E-state index contributed by atoms with van der Waals surface area (Å²) < 4.78 is 5.68. The van der Waals surface area contributed by atoms with Crippen molar-refractivity contribution in [3.63, 3.8) is 0 Å². The van der Waals surface area contributed by atoms with Crippen molar-refractivity contribution in [3.05, 3.63) is 0 Å². The van der Waals surface area contributed by atoms with Gasteiger partial charge in [-0.15, -0.1) is 0 Å². The Morgan fingerprint density at radius 1 is 1.11 bits per heavy atom. The van der Waals surface area contributed by atoms with E-state index in [4.69, 9.17) is 10.6 Å². The summed E-state index contributed by atoms with van der Waals surface area (Å²) in [5.41, 5.74) is 0.464. The van der Waals surface area contributed by atoms with E-state index in [-0.39, 0.29) is 0 Å². The minimum atomic E-state index is 0.464. The van der Waals surface area contributed by atoms with Gasteiger partial charge >= 0.3 is 0 Å². The van der Waals surface area contributed by atoms with Gasteiger partial charge in [-0.25, -0.2) is 5.01 Å². The number of rotatable bonds is 1. The van der Waals surface area contributed by atoms with Gasteiger partial charge in [0.15, 0.2) is 0 Å². The van der Waals surface area contributed by atoms with Crippen LogP contribution in [-0.4, -0.2) is 35.1 Å². The number of ether oxygens (including phenoxy) is 1. The number of hydrogen-bond acceptors (Lipinski definition) is 3. The van der Waals surface area contributed by atoms with Crippen LogP contribution in [-0.2, 0) is 4.74 Å². The van der Waals surface area contributed by atoms with Crippen molar-refractivity contribution in [2.75, 3.05) is 13.2 Å². The molecule has 1 spiro atoms. The molecule has 0 aromatic rings. The molecule has 108 valence electrons. The van der Waals surface area contributed by atoms with Crippen LogP contribution in [0.3, 0.4) is 0 Å². The molecule has 4 unspecified atom stereocenters. The number of nitrogens with zero attached hydrogens (tertiary/aromatic N) is 1. The highest BCUT2D eigenvalue weighted by Gasteiger charge is 2.62. The van der Waals surface area contributed by atoms with Crippen LogP contribution in [0.5, 0.6) is 0 Å². The molecule has 2 aliphatic carbocycles. The first-order valence-corrected chi connectivity index (χ1v) is 8.89. The number of alkyl halides is 1. The Morgan fingerprint density at radius 2 is 1.84 bits per heavy atom. The van der Waals surface area contributed by atoms with E-state index < -0.39 is 0 Å². The fraction of sp³-hybridized carbons (Fsp3) is 1.00. The molecule has 2 aliphatic heterocycles. The molecule has 3 nitrogen and oxygen atoms in total. The SMILES string of the molecule is NN1C2CCC(Br)CC2C2(CCOCC2)C1C1CC1. The van der Waals surface area contributed by atoms with Crippen molar-refractivity contribution in [1.29, 1.82) is 0 Å². The Morgan fingerprint density at radius 3 is 2.53 bits per heavy atom. The second-order valence-electron chi connectivity index (χ2n) is 7.16. The second-order valence-corrected chi connectivity index (χ2v) is 8.45. The van der Waals surface area contributed by atoms with Crippen LogP contribution in [0.15, 0.2) is 0 Å². The summed E-state index contributed by atoms with van der Waals surface area (Å²) in [7, 11) is 0. The highest BCUT2D eigenvalue weighted by Crippen LogP contribution is 2.60. The van der Waals surface area contributed by atoms with Gasteiger partial charge in [0.25, 0.3) is 0 Å². The minimum Gasteiger partial charge on any atom is -0.381 e. The smallest absolute Gasteiger partial charge is 0.0472 e. The third kappa shape index (κ3) is 1.94. The zero-order valence-corrected chi connectivity index (χ0v) is 13.1. The van der Waals surface area contributed by atoms with E-state index in [9.17, 15) is 0 Å². The van der Waals surface area contributed by atoms with Gasteiger partial charge in [-0.1, -0.05) is 15.9 Å². The first-order chi connectivity index (χ1) is 9.22. The van der Waals surface area contributed by atoms with Gasteiger partial charge in [-0.3, -0.25) is 5.84 Å². The van der Waals surface area contributed by atoms with E-state index in [0.717, 1.165) is 25.0 Å². The largest absolute Gasteiger partial charge is 0.381 e. The number of hydrazine groups is 1. The molecule has 2 saturated heterocycles. The molecule has 2 N–H and O–H groups in total. The molecule has 0 aromatic carbocycles. The molecule has 0 amide bonds. The van der Waals surface area contributed by atoms with Gasteiger partial charge in [0.1, 0.15) is 0 Å². The highest BCUT2D eigenvalue weighted by molar-refractivity contribution is 9.09. The zero-order valence-electron chi connectivity index (χ0n) is 11.6. The molecule has 4 rings (SSSR count). The summed E-state index contributed by atoms with van der Waals surface area (Å²) in [5.74, 6) is 8.28. The molecule has 4 aliphatic rings. The molecular weight excluding hydrogens is 304 g/mol. The quantitative estimate of drug-likeness (QED) is 0.594. The summed E-state index contributed by atoms with van der Waals surface area (Å²) in [6.45, 7) is 1.90. The average molecular weight is 329 g/mol. The minimum absolute atomic E-state index is 0.464. The maximum absolute atomic E-state index is 6.60. The van der Waals surface area contributed by atoms with Gasteiger partial charge in [-0.05, 0) is 62.2 Å². The van der Waals surface area contributed by atoms with E-state index in [0.29, 0.717) is 22.3 Å². The zero-order chi connectivity index (χ0) is 13.0. The lowest BCUT2D eigenvalue weighted by atomic mass is 9.62. The predicted octanol–water partition coefficient (Wildman–Crippen LogP) is 2.68. The fourth-order valence-corrected chi connectivity index (χ4v) is 6.01. The molecule has 0 bridgehead atoms. The highest BCUT2D eigenvalue weighted by atomic mass is 79.9. The van der Waals surface area contributed by atoms with E-state index in [2.05, 4.69) is 20.9 Å². The van der Waals surface area contributed by atoms with Gasteiger partial charge in [-0.2, -0.15) is 0 Å². The topological polar surface area (TPSA) is 38.5 Å². The normalized spacial score (nSPS) is 46.4. The predicted molar refractivity (Wildman–Crippen MR) is 78.9 cm³/mol. The van der Waals surface area contributed by atoms with Crippen LogP contribution in [0, 0.1) is 17.3 Å². The molecule has 4 heteroatoms. The number of fused-ring (bicyclic) bond motifs is 2. The van der Waals surface area contributed by atoms with Gasteiger partial charge in [0.2, 0.25) is 0 Å². The molecule has 2 heterocycles. The Kier molecular flexibility index (Phi) is 3.22. The van der Waals surface area contributed by atoms with E-state index in [1.165, 1.54) is 44.9 Å². The molecule has 0 radical (unpaired) electrons. The lowest BCUT2D eigenvalue weighted by molar-refractivity contribution is -0.0314. The maximum atomic E-state index is 6.60. The van der Waals surface area contributed by atoms with Crippen molar-refractivity contribution in [3.8, 4) is 0 Å². The molecule has 0 aromatic heterocycles. The van der Waals surface area contributed by atoms with Crippen molar-refractivity contribution in [2.45, 2.75) is 61.9 Å². The lowest BCUT2D eigenvalue weighted by Gasteiger charge is -2.45. The van der Waals surface area contributed by atoms with Crippen molar-refractivity contribution >= 4 is 15.9 Å². The molecule has 2 saturated carbocycles. The Bertz CT molecular complexity index is 354. The summed E-state index contributed by atoms with van der Waals surface area (Å²) in [6, 6.07) is 1.28. The first kappa shape index (κ1) is 13.1. The summed E-state index contributed by atoms with van der Waals surface area (Å²) in [6.07, 6.45) is 9.17. The molecule has 19 heavy (non-hydrogen) atoms. The van der Waals surface area contributed by atoms with Gasteiger partial charge < -0.3 is 4.74 Å². The van der Waals surface area contributed by atoms with Crippen LogP contribution in [0.1, 0.15) is 44.9 Å². The van der Waals surface area contributed by atoms with Gasteiger partial charge in [0, 0.05) is 30.1 Å². The monoisotopic (exact) mass is 328 g/mol. The van der Waals surface area contributed by atoms with Crippen LogP contribution >= 0.6 is 15.9 Å². The average Bonchev–Trinajstić information content (AvgIpc) is 3.21. The Hall–Kier alpha value is 0.360. The summed E-state index contributed by atoms with van der Waals surface area (Å²) >= 11 is 3.88. The summed E-state index contributed by atoms with van der Waals surface area (Å²) in [4.78, 5) is 0.708. The Balaban J connectivity index is 1.70. The first-order valence-electron chi connectivity index (χ1n) is 7.97. The van der Waals surface area contributed by atoms with E-state index in [1.54, 1.807) is 0 Å². The number of nitrogens with two attached hydrogens (primary N) is 1. The third-order valence-corrected chi connectivity index (χ3v) is 7.11. The van der Waals surface area contributed by atoms with Crippen LogP contribution < -0.4 is 5.84 Å². The van der Waals surface area contributed by atoms with E-state index in [1.807, 2.05) is 0 Å². The maximum Gasteiger partial charge on any atom is 0.0472 e. The number of halogens is 1. The van der Waals surface area contributed by atoms with Crippen LogP contribution in [0.2, 0.25) is 0 Å². The van der Waals surface area contributed by atoms with Crippen LogP contribution in [0.4, 0.5) is 0 Å². The Labute approximate surface area is 124 Å². The molecule has 4 fully saturated rings. The lowest BCUT2D eigenvalue weighted by Crippen LogP contribution is -2.49. The van der Waals surface area contributed by atoms with Crippen molar-refractivity contribution in [1.82, 2.24) is 5.01 Å². The molecule has 4 atom stereocenters. The van der Waals surface area contributed by atoms with Crippen molar-refractivity contribution in [2.24, 2.45) is 23.1 Å². The van der Waals surface area contributed by atoms with Gasteiger partial charge in [0.05, 0.1) is 0 Å². The van der Waals surface area contributed by atoms with Crippen molar-refractivity contribution < 1.29 is 4.74 Å². The van der Waals surface area contributed by atoms with E-state index >= 15 is 0 Å². The number of hydrogen-bond donors (Lipinski definition) is 1. The second kappa shape index (κ2) is 4.69. The fourth-order valence-electron chi connectivity index (χ4n) is 5.34.